The van der Waals surface area contributed by atoms with Crippen LogP contribution in [0.3, 0.4) is 0 Å². The second-order valence-electron chi connectivity index (χ2n) is 7.52. The molecule has 1 amide bonds. The predicted molar refractivity (Wildman–Crippen MR) is 124 cm³/mol. The highest BCUT2D eigenvalue weighted by atomic mass is 32.2. The molecule has 31 heavy (non-hydrogen) atoms. The van der Waals surface area contributed by atoms with Crippen LogP contribution in [0, 0.1) is 0 Å². The second kappa shape index (κ2) is 10.7. The lowest BCUT2D eigenvalue weighted by atomic mass is 10.2. The lowest BCUT2D eigenvalue weighted by molar-refractivity contribution is 0.0650. The maximum Gasteiger partial charge on any atom is 0.253 e. The average Bonchev–Trinajstić information content (AvgIpc) is 2.80. The Morgan fingerprint density at radius 2 is 1.55 bits per heavy atom. The van der Waals surface area contributed by atoms with E-state index in [0.29, 0.717) is 31.7 Å². The first kappa shape index (κ1) is 23.2. The van der Waals surface area contributed by atoms with E-state index in [-0.39, 0.29) is 10.8 Å². The van der Waals surface area contributed by atoms with E-state index in [1.54, 1.807) is 12.1 Å². The summed E-state index contributed by atoms with van der Waals surface area (Å²) in [5.74, 6) is -0.0498. The Hall–Kier alpha value is -2.48. The van der Waals surface area contributed by atoms with E-state index < -0.39 is 10.0 Å². The van der Waals surface area contributed by atoms with E-state index in [2.05, 4.69) is 29.2 Å². The largest absolute Gasteiger partial charge is 0.336 e. The molecule has 166 valence electrons. The fourth-order valence-electron chi connectivity index (χ4n) is 3.70. The van der Waals surface area contributed by atoms with Gasteiger partial charge >= 0.3 is 0 Å². The van der Waals surface area contributed by atoms with Crippen molar-refractivity contribution in [3.8, 4) is 0 Å². The monoisotopic (exact) mass is 441 g/mol. The summed E-state index contributed by atoms with van der Waals surface area (Å²) in [4.78, 5) is 17.2. The predicted octanol–water partition coefficient (Wildman–Crippen LogP) is 3.19. The summed E-state index contributed by atoms with van der Waals surface area (Å²) in [5, 5.41) is 0. The first-order chi connectivity index (χ1) is 15.0. The molecule has 0 radical (unpaired) electrons. The van der Waals surface area contributed by atoms with Gasteiger partial charge in [-0.1, -0.05) is 56.3 Å². The maximum atomic E-state index is 12.8. The van der Waals surface area contributed by atoms with Crippen molar-refractivity contribution >= 4 is 22.0 Å². The lowest BCUT2D eigenvalue weighted by Gasteiger charge is -2.34. The van der Waals surface area contributed by atoms with Crippen molar-refractivity contribution in [3.05, 3.63) is 71.8 Å². The third-order valence-corrected chi connectivity index (χ3v) is 7.64. The van der Waals surface area contributed by atoms with Gasteiger partial charge in [0, 0.05) is 51.4 Å². The fourth-order valence-corrected chi connectivity index (χ4v) is 5.16. The molecule has 0 unspecified atom stereocenters. The van der Waals surface area contributed by atoms with E-state index in [1.807, 2.05) is 36.9 Å². The van der Waals surface area contributed by atoms with Gasteiger partial charge in [-0.2, -0.15) is 4.31 Å². The van der Waals surface area contributed by atoms with Gasteiger partial charge in [0.1, 0.15) is 0 Å². The normalized spacial score (nSPS) is 15.6. The Balaban J connectivity index is 1.54. The van der Waals surface area contributed by atoms with Crippen molar-refractivity contribution in [2.75, 3.05) is 45.8 Å². The zero-order valence-corrected chi connectivity index (χ0v) is 19.1. The quantitative estimate of drug-likeness (QED) is 0.631. The number of benzene rings is 2. The molecule has 1 fully saturated rings. The maximum absolute atomic E-state index is 12.8. The second-order valence-corrected chi connectivity index (χ2v) is 9.46. The molecule has 0 atom stereocenters. The van der Waals surface area contributed by atoms with Crippen LogP contribution in [0.4, 0.5) is 0 Å². The van der Waals surface area contributed by atoms with Crippen molar-refractivity contribution in [1.29, 1.82) is 0 Å². The number of nitrogens with zero attached hydrogens (tertiary/aromatic N) is 3. The molecule has 2 aromatic rings. The van der Waals surface area contributed by atoms with Crippen LogP contribution in [-0.2, 0) is 10.0 Å². The van der Waals surface area contributed by atoms with Crippen LogP contribution in [0.2, 0.25) is 0 Å². The molecular formula is C24H31N3O3S. The molecule has 7 heteroatoms. The molecule has 0 N–H and O–H groups in total. The summed E-state index contributed by atoms with van der Waals surface area (Å²) in [6.07, 6.45) is 4.27. The summed E-state index contributed by atoms with van der Waals surface area (Å²) < 4.78 is 26.6. The summed E-state index contributed by atoms with van der Waals surface area (Å²) in [6, 6.07) is 16.5. The molecular weight excluding hydrogens is 410 g/mol. The molecule has 0 aromatic heterocycles. The Morgan fingerprint density at radius 1 is 0.935 bits per heavy atom. The molecule has 1 aliphatic heterocycles. The van der Waals surface area contributed by atoms with Gasteiger partial charge in [-0.3, -0.25) is 9.69 Å². The number of hydrogen-bond donors (Lipinski definition) is 0. The van der Waals surface area contributed by atoms with Crippen LogP contribution in [0.15, 0.2) is 65.6 Å². The summed E-state index contributed by atoms with van der Waals surface area (Å²) in [7, 11) is -3.51. The van der Waals surface area contributed by atoms with Crippen LogP contribution >= 0.6 is 0 Å². The SMILES string of the molecule is CCN(CC)S(=O)(=O)c1ccc(C(=O)N2CCN(CC=Cc3ccccc3)CC2)cc1. The Labute approximate surface area is 185 Å². The third kappa shape index (κ3) is 5.81. The number of hydrogen-bond acceptors (Lipinski definition) is 4. The van der Waals surface area contributed by atoms with E-state index >= 15 is 0 Å². The molecule has 0 bridgehead atoms. The van der Waals surface area contributed by atoms with Crippen molar-refractivity contribution in [1.82, 2.24) is 14.1 Å². The van der Waals surface area contributed by atoms with Crippen LogP contribution in [0.25, 0.3) is 6.08 Å². The Kier molecular flexibility index (Phi) is 8.01. The molecule has 0 aliphatic carbocycles. The number of sulfonamides is 1. The molecule has 0 saturated carbocycles. The van der Waals surface area contributed by atoms with Crippen LogP contribution < -0.4 is 0 Å². The summed E-state index contributed by atoms with van der Waals surface area (Å²) in [5.41, 5.74) is 1.71. The summed E-state index contributed by atoms with van der Waals surface area (Å²) in [6.45, 7) is 8.29. The molecule has 1 aliphatic rings. The third-order valence-electron chi connectivity index (χ3n) is 5.58. The van der Waals surface area contributed by atoms with Crippen molar-refractivity contribution < 1.29 is 13.2 Å². The number of amides is 1. The fraction of sp³-hybridized carbons (Fsp3) is 0.375. The van der Waals surface area contributed by atoms with E-state index in [4.69, 9.17) is 0 Å². The number of carbonyl (C=O) groups is 1. The van der Waals surface area contributed by atoms with Gasteiger partial charge in [-0.25, -0.2) is 8.42 Å². The topological polar surface area (TPSA) is 60.9 Å². The first-order valence-electron chi connectivity index (χ1n) is 10.8. The van der Waals surface area contributed by atoms with Crippen molar-refractivity contribution in [3.63, 3.8) is 0 Å². The minimum absolute atomic E-state index is 0.0498. The van der Waals surface area contributed by atoms with E-state index in [0.717, 1.165) is 19.6 Å². The number of carbonyl (C=O) groups excluding carboxylic acids is 1. The van der Waals surface area contributed by atoms with E-state index in [9.17, 15) is 13.2 Å². The minimum Gasteiger partial charge on any atom is -0.336 e. The summed E-state index contributed by atoms with van der Waals surface area (Å²) >= 11 is 0. The van der Waals surface area contributed by atoms with Crippen LogP contribution in [0.5, 0.6) is 0 Å². The van der Waals surface area contributed by atoms with Crippen molar-refractivity contribution in [2.45, 2.75) is 18.7 Å². The van der Waals surface area contributed by atoms with Crippen LogP contribution in [0.1, 0.15) is 29.8 Å². The van der Waals surface area contributed by atoms with Gasteiger partial charge < -0.3 is 4.90 Å². The molecule has 1 heterocycles. The Morgan fingerprint density at radius 3 is 2.13 bits per heavy atom. The van der Waals surface area contributed by atoms with Gasteiger partial charge in [0.05, 0.1) is 4.90 Å². The van der Waals surface area contributed by atoms with Crippen LogP contribution in [-0.4, -0.2) is 74.2 Å². The zero-order valence-electron chi connectivity index (χ0n) is 18.3. The minimum atomic E-state index is -3.51. The highest BCUT2D eigenvalue weighted by Crippen LogP contribution is 2.17. The van der Waals surface area contributed by atoms with Gasteiger partial charge in [0.15, 0.2) is 0 Å². The highest BCUT2D eigenvalue weighted by molar-refractivity contribution is 7.89. The first-order valence-corrected chi connectivity index (χ1v) is 12.2. The van der Waals surface area contributed by atoms with Crippen molar-refractivity contribution in [2.24, 2.45) is 0 Å². The van der Waals surface area contributed by atoms with E-state index in [1.165, 1.54) is 22.0 Å². The van der Waals surface area contributed by atoms with Gasteiger partial charge in [0.25, 0.3) is 5.91 Å². The highest BCUT2D eigenvalue weighted by Gasteiger charge is 2.24. The standard InChI is InChI=1S/C24H31N3O3S/c1-3-27(4-2)31(29,30)23-14-12-22(13-15-23)24(28)26-19-17-25(18-20-26)16-8-11-21-9-6-5-7-10-21/h5-15H,3-4,16-20H2,1-2H3. The molecule has 6 nitrogen and oxygen atoms in total. The van der Waals surface area contributed by atoms with Gasteiger partial charge in [0.2, 0.25) is 10.0 Å². The lowest BCUT2D eigenvalue weighted by Crippen LogP contribution is -2.48. The molecule has 2 aromatic carbocycles. The van der Waals surface area contributed by atoms with Gasteiger partial charge in [-0.15, -0.1) is 0 Å². The molecule has 1 saturated heterocycles. The number of rotatable bonds is 8. The smallest absolute Gasteiger partial charge is 0.253 e. The average molecular weight is 442 g/mol. The molecule has 3 rings (SSSR count). The molecule has 0 spiro atoms. The number of piperazine rings is 1. The zero-order chi connectivity index (χ0) is 22.3. The Bertz CT molecular complexity index is 976. The van der Waals surface area contributed by atoms with Gasteiger partial charge in [-0.05, 0) is 29.8 Å².